The van der Waals surface area contributed by atoms with E-state index in [1.165, 1.54) is 18.3 Å². The van der Waals surface area contributed by atoms with E-state index in [-0.39, 0.29) is 24.5 Å². The Morgan fingerprint density at radius 2 is 2.18 bits per heavy atom. The summed E-state index contributed by atoms with van der Waals surface area (Å²) in [6.07, 6.45) is 0.673. The highest BCUT2D eigenvalue weighted by molar-refractivity contribution is 7.18. The smallest absolute Gasteiger partial charge is 0.261 e. The number of rotatable bonds is 5. The summed E-state index contributed by atoms with van der Waals surface area (Å²) in [5.74, 6) is -0.395. The molecule has 1 aromatic heterocycles. The average Bonchev–Trinajstić information content (AvgIpc) is 2.73. The second-order valence-electron chi connectivity index (χ2n) is 3.61. The molecule has 0 spiro atoms. The van der Waals surface area contributed by atoms with Crippen molar-refractivity contribution in [2.75, 3.05) is 11.9 Å². The molecule has 0 aliphatic rings. The summed E-state index contributed by atoms with van der Waals surface area (Å²) in [6.45, 7) is 3.23. The number of anilines is 1. The summed E-state index contributed by atoms with van der Waals surface area (Å²) in [6, 6.07) is 3.10. The molecule has 3 N–H and O–H groups in total. The highest BCUT2D eigenvalue weighted by Gasteiger charge is 2.13. The molecule has 0 fully saturated rings. The van der Waals surface area contributed by atoms with Gasteiger partial charge in [-0.1, -0.05) is 6.92 Å². The fourth-order valence-electron chi connectivity index (χ4n) is 1.23. The molecule has 17 heavy (non-hydrogen) atoms. The van der Waals surface area contributed by atoms with Crippen LogP contribution in [0.15, 0.2) is 12.1 Å². The molecule has 0 unspecified atom stereocenters. The summed E-state index contributed by atoms with van der Waals surface area (Å²) in [7, 11) is 0. The van der Waals surface area contributed by atoms with E-state index >= 15 is 0 Å². The fraction of sp³-hybridized carbons (Fsp3) is 0.455. The average molecular weight is 256 g/mol. The van der Waals surface area contributed by atoms with Crippen molar-refractivity contribution in [2.45, 2.75) is 26.3 Å². The maximum absolute atomic E-state index is 11.7. The minimum Gasteiger partial charge on any atom is -0.394 e. The van der Waals surface area contributed by atoms with Crippen LogP contribution >= 0.6 is 11.3 Å². The van der Waals surface area contributed by atoms with E-state index in [9.17, 15) is 9.59 Å². The predicted octanol–water partition coefficient (Wildman–Crippen LogP) is 1.21. The summed E-state index contributed by atoms with van der Waals surface area (Å²) >= 11 is 1.21. The first-order valence-electron chi connectivity index (χ1n) is 5.36. The zero-order valence-corrected chi connectivity index (χ0v) is 10.6. The lowest BCUT2D eigenvalue weighted by Gasteiger charge is -2.12. The maximum atomic E-state index is 11.7. The Balaban J connectivity index is 2.63. The summed E-state index contributed by atoms with van der Waals surface area (Å²) in [5.41, 5.74) is 0. The largest absolute Gasteiger partial charge is 0.394 e. The highest BCUT2D eigenvalue weighted by Crippen LogP contribution is 2.21. The minimum absolute atomic E-state index is 0.0772. The molecule has 6 heteroatoms. The lowest BCUT2D eigenvalue weighted by atomic mass is 10.2. The number of hydrogen-bond donors (Lipinski definition) is 3. The second kappa shape index (κ2) is 6.36. The molecule has 0 radical (unpaired) electrons. The van der Waals surface area contributed by atoms with Gasteiger partial charge in [0, 0.05) is 6.92 Å². The van der Waals surface area contributed by atoms with Gasteiger partial charge in [-0.25, -0.2) is 0 Å². The molecule has 1 atom stereocenters. The van der Waals surface area contributed by atoms with Crippen molar-refractivity contribution in [1.29, 1.82) is 0 Å². The third-order valence-electron chi connectivity index (χ3n) is 2.18. The van der Waals surface area contributed by atoms with E-state index < -0.39 is 0 Å². The van der Waals surface area contributed by atoms with Crippen molar-refractivity contribution in [2.24, 2.45) is 0 Å². The Morgan fingerprint density at radius 3 is 2.71 bits per heavy atom. The van der Waals surface area contributed by atoms with Gasteiger partial charge in [0.1, 0.15) is 0 Å². The molecular weight excluding hydrogens is 240 g/mol. The number of amides is 2. The van der Waals surface area contributed by atoms with Crippen LogP contribution in [0, 0.1) is 0 Å². The molecule has 0 aliphatic carbocycles. The van der Waals surface area contributed by atoms with Crippen LogP contribution in [0.4, 0.5) is 5.00 Å². The molecule has 94 valence electrons. The number of aliphatic hydroxyl groups excluding tert-OH is 1. The van der Waals surface area contributed by atoms with Crippen LogP contribution in [-0.2, 0) is 4.79 Å². The van der Waals surface area contributed by atoms with Crippen LogP contribution in [0.1, 0.15) is 29.9 Å². The zero-order valence-electron chi connectivity index (χ0n) is 9.82. The lowest BCUT2D eigenvalue weighted by Crippen LogP contribution is -2.36. The van der Waals surface area contributed by atoms with Crippen molar-refractivity contribution in [3.63, 3.8) is 0 Å². The lowest BCUT2D eigenvalue weighted by molar-refractivity contribution is -0.114. The molecule has 0 bridgehead atoms. The Bertz CT molecular complexity index is 399. The quantitative estimate of drug-likeness (QED) is 0.741. The van der Waals surface area contributed by atoms with Gasteiger partial charge < -0.3 is 15.7 Å². The maximum Gasteiger partial charge on any atom is 0.261 e. The van der Waals surface area contributed by atoms with Gasteiger partial charge >= 0.3 is 0 Å². The molecule has 0 aromatic carbocycles. The van der Waals surface area contributed by atoms with E-state index in [1.54, 1.807) is 12.1 Å². The molecule has 1 heterocycles. The summed E-state index contributed by atoms with van der Waals surface area (Å²) in [4.78, 5) is 23.1. The van der Waals surface area contributed by atoms with Crippen LogP contribution in [-0.4, -0.2) is 29.6 Å². The summed E-state index contributed by atoms with van der Waals surface area (Å²) < 4.78 is 0. The Hall–Kier alpha value is -1.40. The van der Waals surface area contributed by atoms with E-state index in [0.29, 0.717) is 16.3 Å². The van der Waals surface area contributed by atoms with Crippen LogP contribution in [0.2, 0.25) is 0 Å². The van der Waals surface area contributed by atoms with E-state index in [1.807, 2.05) is 6.92 Å². The fourth-order valence-corrected chi connectivity index (χ4v) is 2.09. The van der Waals surface area contributed by atoms with E-state index in [4.69, 9.17) is 5.11 Å². The molecule has 1 rings (SSSR count). The number of aliphatic hydroxyl groups is 1. The Kier molecular flexibility index (Phi) is 5.11. The highest BCUT2D eigenvalue weighted by atomic mass is 32.1. The molecule has 1 aromatic rings. The summed E-state index contributed by atoms with van der Waals surface area (Å²) in [5, 5.41) is 14.9. The standard InChI is InChI=1S/C11H16N2O3S/c1-3-8(6-14)13-11(16)9-4-5-10(17-9)12-7(2)15/h4-5,8,14H,3,6H2,1-2H3,(H,12,15)(H,13,16)/t8-/m1/s1. The molecule has 0 saturated heterocycles. The SMILES string of the molecule is CC[C@H](CO)NC(=O)c1ccc(NC(C)=O)s1. The van der Waals surface area contributed by atoms with Crippen LogP contribution in [0.3, 0.4) is 0 Å². The monoisotopic (exact) mass is 256 g/mol. The minimum atomic E-state index is -0.229. The van der Waals surface area contributed by atoms with Gasteiger partial charge in [0.05, 0.1) is 22.5 Å². The van der Waals surface area contributed by atoms with E-state index in [2.05, 4.69) is 10.6 Å². The number of nitrogens with one attached hydrogen (secondary N) is 2. The number of carbonyl (C=O) groups is 2. The Morgan fingerprint density at radius 1 is 1.47 bits per heavy atom. The van der Waals surface area contributed by atoms with Gasteiger partial charge in [0.2, 0.25) is 5.91 Å². The van der Waals surface area contributed by atoms with E-state index in [0.717, 1.165) is 0 Å². The molecule has 0 aliphatic heterocycles. The third kappa shape index (κ3) is 4.16. The zero-order chi connectivity index (χ0) is 12.8. The molecule has 2 amide bonds. The third-order valence-corrected chi connectivity index (χ3v) is 3.18. The predicted molar refractivity (Wildman–Crippen MR) is 67.3 cm³/mol. The van der Waals surface area contributed by atoms with Crippen LogP contribution in [0.5, 0.6) is 0 Å². The van der Waals surface area contributed by atoms with Crippen molar-refractivity contribution in [1.82, 2.24) is 5.32 Å². The molecular formula is C11H16N2O3S. The first-order valence-corrected chi connectivity index (χ1v) is 6.17. The van der Waals surface area contributed by atoms with Gasteiger partial charge in [-0.3, -0.25) is 9.59 Å². The first-order chi connectivity index (χ1) is 8.06. The van der Waals surface area contributed by atoms with Gasteiger partial charge in [0.15, 0.2) is 0 Å². The number of carbonyl (C=O) groups excluding carboxylic acids is 2. The van der Waals surface area contributed by atoms with Gasteiger partial charge in [0.25, 0.3) is 5.91 Å². The first kappa shape index (κ1) is 13.7. The molecule has 0 saturated carbocycles. The van der Waals surface area contributed by atoms with Gasteiger partial charge in [-0.2, -0.15) is 0 Å². The van der Waals surface area contributed by atoms with Crippen molar-refractivity contribution < 1.29 is 14.7 Å². The Labute approximate surface area is 104 Å². The topological polar surface area (TPSA) is 78.4 Å². The number of hydrogen-bond acceptors (Lipinski definition) is 4. The number of thiophene rings is 1. The van der Waals surface area contributed by atoms with Crippen LogP contribution in [0.25, 0.3) is 0 Å². The normalized spacial score (nSPS) is 11.9. The van der Waals surface area contributed by atoms with Crippen molar-refractivity contribution >= 4 is 28.2 Å². The van der Waals surface area contributed by atoms with Crippen molar-refractivity contribution in [3.05, 3.63) is 17.0 Å². The molecule has 5 nitrogen and oxygen atoms in total. The van der Waals surface area contributed by atoms with Gasteiger partial charge in [-0.15, -0.1) is 11.3 Å². The van der Waals surface area contributed by atoms with Crippen LogP contribution < -0.4 is 10.6 Å². The second-order valence-corrected chi connectivity index (χ2v) is 4.69. The van der Waals surface area contributed by atoms with Gasteiger partial charge in [-0.05, 0) is 18.6 Å². The van der Waals surface area contributed by atoms with Crippen molar-refractivity contribution in [3.8, 4) is 0 Å².